The summed E-state index contributed by atoms with van der Waals surface area (Å²) < 4.78 is 5.74. The van der Waals surface area contributed by atoms with E-state index in [0.29, 0.717) is 35.2 Å². The number of nitrogens with zero attached hydrogens (tertiary/aromatic N) is 3. The summed E-state index contributed by atoms with van der Waals surface area (Å²) in [6.07, 6.45) is 2.87. The van der Waals surface area contributed by atoms with Crippen molar-refractivity contribution >= 4 is 34.8 Å². The van der Waals surface area contributed by atoms with Crippen LogP contribution < -0.4 is 10.2 Å². The fourth-order valence-electron chi connectivity index (χ4n) is 3.06. The van der Waals surface area contributed by atoms with E-state index in [1.54, 1.807) is 12.3 Å². The molecule has 1 amide bonds. The molecule has 4 rings (SSSR count). The number of rotatable bonds is 4. The molecule has 0 radical (unpaired) electrons. The molecule has 2 aromatic heterocycles. The van der Waals surface area contributed by atoms with Gasteiger partial charge in [0.2, 0.25) is 11.6 Å². The Kier molecular flexibility index (Phi) is 4.28. The first-order valence-electron chi connectivity index (χ1n) is 8.18. The third-order valence-corrected chi connectivity index (χ3v) is 4.47. The van der Waals surface area contributed by atoms with E-state index >= 15 is 0 Å². The predicted octanol–water partition coefficient (Wildman–Crippen LogP) is 2.81. The second kappa shape index (κ2) is 6.72. The standard InChI is InChI=1S/C18H17ClN4O2/c19-13-4-1-3-12(9-13)10-16(24)21-14-6-8-23(11-14)18-22-17-15(25-18)5-2-7-20-17/h1-5,7,9,14H,6,8,10-11H2,(H,21,24). The summed E-state index contributed by atoms with van der Waals surface area (Å²) in [5.74, 6) is -0.00616. The van der Waals surface area contributed by atoms with Gasteiger partial charge >= 0.3 is 0 Å². The van der Waals surface area contributed by atoms with Gasteiger partial charge in [-0.1, -0.05) is 23.7 Å². The first-order valence-corrected chi connectivity index (χ1v) is 8.55. The van der Waals surface area contributed by atoms with Crippen molar-refractivity contribution in [2.45, 2.75) is 18.9 Å². The van der Waals surface area contributed by atoms with E-state index in [0.717, 1.165) is 18.5 Å². The molecule has 0 bridgehead atoms. The number of amides is 1. The highest BCUT2D eigenvalue weighted by molar-refractivity contribution is 6.30. The second-order valence-corrected chi connectivity index (χ2v) is 6.56. The van der Waals surface area contributed by atoms with Crippen molar-refractivity contribution in [1.29, 1.82) is 0 Å². The Morgan fingerprint density at radius 2 is 2.28 bits per heavy atom. The summed E-state index contributed by atoms with van der Waals surface area (Å²) in [4.78, 5) is 22.9. The molecular formula is C18H17ClN4O2. The summed E-state index contributed by atoms with van der Waals surface area (Å²) in [5, 5.41) is 3.71. The summed E-state index contributed by atoms with van der Waals surface area (Å²) in [7, 11) is 0. The molecule has 7 heteroatoms. The van der Waals surface area contributed by atoms with Crippen molar-refractivity contribution in [3.05, 3.63) is 53.2 Å². The van der Waals surface area contributed by atoms with E-state index in [1.165, 1.54) is 0 Å². The smallest absolute Gasteiger partial charge is 0.300 e. The van der Waals surface area contributed by atoms with Gasteiger partial charge in [-0.3, -0.25) is 4.79 Å². The van der Waals surface area contributed by atoms with Crippen LogP contribution in [0.2, 0.25) is 5.02 Å². The van der Waals surface area contributed by atoms with Crippen molar-refractivity contribution in [2.75, 3.05) is 18.0 Å². The van der Waals surface area contributed by atoms with Gasteiger partial charge in [0.1, 0.15) is 0 Å². The van der Waals surface area contributed by atoms with Crippen LogP contribution in [0.1, 0.15) is 12.0 Å². The minimum absolute atomic E-state index is 0.00616. The molecule has 1 N–H and O–H groups in total. The van der Waals surface area contributed by atoms with E-state index in [1.807, 2.05) is 35.2 Å². The topological polar surface area (TPSA) is 71.3 Å². The molecular weight excluding hydrogens is 340 g/mol. The summed E-state index contributed by atoms with van der Waals surface area (Å²) in [5.41, 5.74) is 2.18. The van der Waals surface area contributed by atoms with Gasteiger partial charge in [0.05, 0.1) is 6.42 Å². The lowest BCUT2D eigenvalue weighted by atomic mass is 10.1. The van der Waals surface area contributed by atoms with Gasteiger partial charge in [-0.2, -0.15) is 4.98 Å². The van der Waals surface area contributed by atoms with Crippen molar-refractivity contribution in [2.24, 2.45) is 0 Å². The van der Waals surface area contributed by atoms with E-state index in [4.69, 9.17) is 16.0 Å². The van der Waals surface area contributed by atoms with E-state index < -0.39 is 0 Å². The zero-order chi connectivity index (χ0) is 17.2. The zero-order valence-corrected chi connectivity index (χ0v) is 14.2. The number of pyridine rings is 1. The molecule has 1 atom stereocenters. The molecule has 3 aromatic rings. The Bertz CT molecular complexity index is 878. The number of benzene rings is 1. The normalized spacial score (nSPS) is 17.2. The molecule has 1 fully saturated rings. The van der Waals surface area contributed by atoms with Crippen LogP contribution in [-0.4, -0.2) is 35.0 Å². The number of fused-ring (bicyclic) bond motifs is 1. The highest BCUT2D eigenvalue weighted by Crippen LogP contribution is 2.23. The van der Waals surface area contributed by atoms with Crippen LogP contribution in [0, 0.1) is 0 Å². The van der Waals surface area contributed by atoms with Gasteiger partial charge < -0.3 is 14.6 Å². The van der Waals surface area contributed by atoms with Crippen molar-refractivity contribution in [3.63, 3.8) is 0 Å². The Balaban J connectivity index is 1.36. The predicted molar refractivity (Wildman–Crippen MR) is 95.7 cm³/mol. The number of aromatic nitrogens is 2. The summed E-state index contributed by atoms with van der Waals surface area (Å²) in [6.45, 7) is 1.46. The number of halogens is 1. The quantitative estimate of drug-likeness (QED) is 0.778. The molecule has 3 heterocycles. The van der Waals surface area contributed by atoms with Crippen LogP contribution in [0.4, 0.5) is 6.01 Å². The van der Waals surface area contributed by atoms with Gasteiger partial charge in [-0.05, 0) is 36.2 Å². The maximum atomic E-state index is 12.2. The molecule has 1 saturated heterocycles. The molecule has 6 nitrogen and oxygen atoms in total. The van der Waals surface area contributed by atoms with Gasteiger partial charge in [0.25, 0.3) is 6.01 Å². The Hall–Kier alpha value is -2.60. The largest absolute Gasteiger partial charge is 0.422 e. The van der Waals surface area contributed by atoms with Crippen molar-refractivity contribution in [1.82, 2.24) is 15.3 Å². The molecule has 1 unspecified atom stereocenters. The highest BCUT2D eigenvalue weighted by atomic mass is 35.5. The van der Waals surface area contributed by atoms with Gasteiger partial charge in [-0.25, -0.2) is 4.98 Å². The molecule has 25 heavy (non-hydrogen) atoms. The average molecular weight is 357 g/mol. The van der Waals surface area contributed by atoms with E-state index in [-0.39, 0.29) is 11.9 Å². The number of hydrogen-bond donors (Lipinski definition) is 1. The number of oxazole rings is 1. The average Bonchev–Trinajstić information content (AvgIpc) is 3.20. The number of carbonyl (C=O) groups is 1. The second-order valence-electron chi connectivity index (χ2n) is 6.13. The molecule has 1 aliphatic rings. The number of hydrogen-bond acceptors (Lipinski definition) is 5. The van der Waals surface area contributed by atoms with Gasteiger partial charge in [0, 0.05) is 30.4 Å². The van der Waals surface area contributed by atoms with Crippen LogP contribution in [0.25, 0.3) is 11.2 Å². The third-order valence-electron chi connectivity index (χ3n) is 4.23. The van der Waals surface area contributed by atoms with Crippen molar-refractivity contribution < 1.29 is 9.21 Å². The summed E-state index contributed by atoms with van der Waals surface area (Å²) in [6, 6.07) is 11.7. The number of anilines is 1. The minimum Gasteiger partial charge on any atom is -0.422 e. The molecule has 0 spiro atoms. The lowest BCUT2D eigenvalue weighted by Crippen LogP contribution is -2.38. The third kappa shape index (κ3) is 3.58. The van der Waals surface area contributed by atoms with Crippen LogP contribution in [0.15, 0.2) is 47.0 Å². The van der Waals surface area contributed by atoms with E-state index in [2.05, 4.69) is 15.3 Å². The highest BCUT2D eigenvalue weighted by Gasteiger charge is 2.27. The Morgan fingerprint density at radius 3 is 3.12 bits per heavy atom. The van der Waals surface area contributed by atoms with Crippen molar-refractivity contribution in [3.8, 4) is 0 Å². The molecule has 0 aliphatic carbocycles. The minimum atomic E-state index is -0.00616. The summed E-state index contributed by atoms with van der Waals surface area (Å²) >= 11 is 5.96. The molecule has 128 valence electrons. The van der Waals surface area contributed by atoms with Crippen LogP contribution in [0.5, 0.6) is 0 Å². The molecule has 1 aromatic carbocycles. The fraction of sp³-hybridized carbons (Fsp3) is 0.278. The Morgan fingerprint density at radius 1 is 1.36 bits per heavy atom. The molecule has 0 saturated carbocycles. The van der Waals surface area contributed by atoms with Crippen LogP contribution >= 0.6 is 11.6 Å². The maximum Gasteiger partial charge on any atom is 0.300 e. The first-order chi connectivity index (χ1) is 12.2. The van der Waals surface area contributed by atoms with Crippen LogP contribution in [0.3, 0.4) is 0 Å². The Labute approximate surface area is 149 Å². The van der Waals surface area contributed by atoms with Crippen LogP contribution in [-0.2, 0) is 11.2 Å². The zero-order valence-electron chi connectivity index (χ0n) is 13.5. The van der Waals surface area contributed by atoms with Gasteiger partial charge in [-0.15, -0.1) is 0 Å². The van der Waals surface area contributed by atoms with E-state index in [9.17, 15) is 4.79 Å². The lowest BCUT2D eigenvalue weighted by Gasteiger charge is -2.15. The molecule has 1 aliphatic heterocycles. The fourth-order valence-corrected chi connectivity index (χ4v) is 3.27. The monoisotopic (exact) mass is 356 g/mol. The number of carbonyl (C=O) groups excluding carboxylic acids is 1. The lowest BCUT2D eigenvalue weighted by molar-refractivity contribution is -0.121. The number of nitrogens with one attached hydrogen (secondary N) is 1. The van der Waals surface area contributed by atoms with Gasteiger partial charge in [0.15, 0.2) is 5.58 Å². The maximum absolute atomic E-state index is 12.2. The first kappa shape index (κ1) is 15.9. The SMILES string of the molecule is O=C(Cc1cccc(Cl)c1)NC1CCN(c2nc3ncccc3o2)C1.